The first-order valence-electron chi connectivity index (χ1n) is 11.5. The molecule has 0 spiro atoms. The highest BCUT2D eigenvalue weighted by atomic mass is 16.2. The predicted octanol–water partition coefficient (Wildman–Crippen LogP) is 3.58. The van der Waals surface area contributed by atoms with E-state index in [4.69, 9.17) is 0 Å². The molecule has 1 saturated heterocycles. The summed E-state index contributed by atoms with van der Waals surface area (Å²) in [6, 6.07) is 9.28. The Bertz CT molecular complexity index is 721. The van der Waals surface area contributed by atoms with Crippen molar-refractivity contribution in [3.05, 3.63) is 35.9 Å². The molecule has 1 heterocycles. The number of hydrogen-bond donors (Lipinski definition) is 2. The van der Waals surface area contributed by atoms with Crippen LogP contribution in [0.3, 0.4) is 0 Å². The Morgan fingerprint density at radius 1 is 0.897 bits per heavy atom. The maximum atomic E-state index is 13.3. The first-order chi connectivity index (χ1) is 14.1. The van der Waals surface area contributed by atoms with Crippen LogP contribution >= 0.6 is 0 Å². The van der Waals surface area contributed by atoms with Gasteiger partial charge in [-0.05, 0) is 81.1 Å². The summed E-state index contributed by atoms with van der Waals surface area (Å²) < 4.78 is 0. The molecule has 1 aromatic carbocycles. The number of hydrogen-bond acceptors (Lipinski definition) is 3. The van der Waals surface area contributed by atoms with Gasteiger partial charge in [0.25, 0.3) is 0 Å². The molecule has 5 aliphatic rings. The Hall–Kier alpha value is -1.88. The molecular weight excluding hydrogens is 362 g/mol. The van der Waals surface area contributed by atoms with Gasteiger partial charge in [-0.1, -0.05) is 30.3 Å². The highest BCUT2D eigenvalue weighted by Crippen LogP contribution is 2.60. The minimum Gasteiger partial charge on any atom is -0.341 e. The number of piperidine rings is 1. The smallest absolute Gasteiger partial charge is 0.246 e. The number of benzene rings is 1. The van der Waals surface area contributed by atoms with Gasteiger partial charge in [0.15, 0.2) is 0 Å². The van der Waals surface area contributed by atoms with Crippen molar-refractivity contribution in [2.45, 2.75) is 63.8 Å². The fourth-order valence-corrected chi connectivity index (χ4v) is 6.89. The number of carbonyl (C=O) groups is 2. The maximum Gasteiger partial charge on any atom is 0.246 e. The van der Waals surface area contributed by atoms with Crippen molar-refractivity contribution < 1.29 is 9.59 Å². The van der Waals surface area contributed by atoms with Crippen LogP contribution in [-0.2, 0) is 9.59 Å². The minimum absolute atomic E-state index is 0.0710. The number of nitrogens with one attached hydrogen (secondary N) is 2. The molecule has 4 aliphatic carbocycles. The summed E-state index contributed by atoms with van der Waals surface area (Å²) in [5.41, 5.74) is 6.89. The molecule has 2 N–H and O–H groups in total. The molecule has 1 atom stereocenters. The lowest BCUT2D eigenvalue weighted by atomic mass is 9.49. The monoisotopic (exact) mass is 395 g/mol. The Morgan fingerprint density at radius 3 is 2.07 bits per heavy atom. The first kappa shape index (κ1) is 19.1. The second-order valence-electron chi connectivity index (χ2n) is 10.0. The zero-order valence-corrected chi connectivity index (χ0v) is 17.2. The molecule has 4 saturated carbocycles. The molecule has 29 heavy (non-hydrogen) atoms. The molecule has 6 rings (SSSR count). The molecule has 2 amide bonds. The minimum atomic E-state index is -0.521. The Morgan fingerprint density at radius 2 is 1.48 bits per heavy atom. The van der Waals surface area contributed by atoms with Crippen LogP contribution in [0.4, 0.5) is 0 Å². The van der Waals surface area contributed by atoms with E-state index in [1.165, 1.54) is 25.7 Å². The Labute approximate surface area is 173 Å². The van der Waals surface area contributed by atoms with Gasteiger partial charge >= 0.3 is 0 Å². The van der Waals surface area contributed by atoms with Crippen LogP contribution in [-0.4, -0.2) is 29.8 Å². The van der Waals surface area contributed by atoms with E-state index in [9.17, 15) is 9.59 Å². The normalized spacial score (nSPS) is 34.1. The lowest BCUT2D eigenvalue weighted by molar-refractivity contribution is -0.148. The third-order valence-electron chi connectivity index (χ3n) is 7.90. The van der Waals surface area contributed by atoms with Crippen LogP contribution in [0.2, 0.25) is 0 Å². The van der Waals surface area contributed by atoms with E-state index >= 15 is 0 Å². The van der Waals surface area contributed by atoms with Crippen LogP contribution in [0.1, 0.15) is 69.4 Å². The maximum absolute atomic E-state index is 13.3. The van der Waals surface area contributed by atoms with E-state index < -0.39 is 6.04 Å². The molecule has 0 unspecified atom stereocenters. The Kier molecular flexibility index (Phi) is 5.10. The average Bonchev–Trinajstić information content (AvgIpc) is 2.74. The van der Waals surface area contributed by atoms with Crippen LogP contribution in [0.15, 0.2) is 30.3 Å². The van der Waals surface area contributed by atoms with Crippen LogP contribution in [0, 0.1) is 23.2 Å². The van der Waals surface area contributed by atoms with Gasteiger partial charge in [0.05, 0.1) is 5.41 Å². The SMILES string of the molecule is O=C([C@H](NNC(=O)C12CC3CC(CC(C3)C1)C2)c1ccccc1)N1CCCCC1. The quantitative estimate of drug-likeness (QED) is 0.749. The van der Waals surface area contributed by atoms with E-state index in [0.29, 0.717) is 0 Å². The van der Waals surface area contributed by atoms with Crippen molar-refractivity contribution in [2.75, 3.05) is 13.1 Å². The molecular formula is C24H33N3O2. The van der Waals surface area contributed by atoms with Gasteiger partial charge in [-0.25, -0.2) is 5.43 Å². The molecule has 5 nitrogen and oxygen atoms in total. The number of likely N-dealkylation sites (tertiary alicyclic amines) is 1. The van der Waals surface area contributed by atoms with Crippen molar-refractivity contribution >= 4 is 11.8 Å². The second-order valence-corrected chi connectivity index (χ2v) is 10.0. The molecule has 5 fully saturated rings. The van der Waals surface area contributed by atoms with Crippen LogP contribution in [0.5, 0.6) is 0 Å². The summed E-state index contributed by atoms with van der Waals surface area (Å²) in [5, 5.41) is 0. The lowest BCUT2D eigenvalue weighted by Crippen LogP contribution is -2.57. The zero-order valence-electron chi connectivity index (χ0n) is 17.2. The number of carbonyl (C=O) groups excluding carboxylic acids is 2. The number of amides is 2. The number of rotatable bonds is 5. The van der Waals surface area contributed by atoms with E-state index in [0.717, 1.165) is 68.5 Å². The van der Waals surface area contributed by atoms with E-state index in [1.54, 1.807) is 0 Å². The van der Waals surface area contributed by atoms with E-state index in [2.05, 4.69) is 10.9 Å². The molecule has 1 aliphatic heterocycles. The molecule has 0 aromatic heterocycles. The molecule has 156 valence electrons. The summed E-state index contributed by atoms with van der Waals surface area (Å²) in [4.78, 5) is 28.6. The van der Waals surface area contributed by atoms with Gasteiger partial charge in [0, 0.05) is 13.1 Å². The average molecular weight is 396 g/mol. The third-order valence-corrected chi connectivity index (χ3v) is 7.90. The van der Waals surface area contributed by atoms with Gasteiger partial charge < -0.3 is 4.90 Å². The third kappa shape index (κ3) is 3.70. The highest BCUT2D eigenvalue weighted by molar-refractivity contribution is 5.86. The van der Waals surface area contributed by atoms with Gasteiger partial charge in [-0.2, -0.15) is 0 Å². The summed E-state index contributed by atoms with van der Waals surface area (Å²) >= 11 is 0. The van der Waals surface area contributed by atoms with Gasteiger partial charge in [0.1, 0.15) is 6.04 Å². The molecule has 0 radical (unpaired) electrons. The molecule has 1 aromatic rings. The fraction of sp³-hybridized carbons (Fsp3) is 0.667. The van der Waals surface area contributed by atoms with E-state index in [1.807, 2.05) is 35.2 Å². The summed E-state index contributed by atoms with van der Waals surface area (Å²) in [7, 11) is 0. The van der Waals surface area contributed by atoms with Crippen molar-refractivity contribution in [3.8, 4) is 0 Å². The van der Waals surface area contributed by atoms with Crippen molar-refractivity contribution in [2.24, 2.45) is 23.2 Å². The standard InChI is InChI=1S/C24H33N3O2/c28-22(27-9-5-2-6-10-27)21(20-7-3-1-4-8-20)25-26-23(29)24-14-17-11-18(15-24)13-19(12-17)16-24/h1,3-4,7-8,17-19,21,25H,2,5-6,9-16H2,(H,26,29)/t17?,18?,19?,21-,24?/m1/s1. The van der Waals surface area contributed by atoms with Crippen molar-refractivity contribution in [1.82, 2.24) is 15.8 Å². The molecule has 4 bridgehead atoms. The largest absolute Gasteiger partial charge is 0.341 e. The first-order valence-corrected chi connectivity index (χ1v) is 11.5. The van der Waals surface area contributed by atoms with Crippen LogP contribution in [0.25, 0.3) is 0 Å². The van der Waals surface area contributed by atoms with Gasteiger partial charge in [-0.15, -0.1) is 0 Å². The highest BCUT2D eigenvalue weighted by Gasteiger charge is 2.54. The van der Waals surface area contributed by atoms with Crippen LogP contribution < -0.4 is 10.9 Å². The van der Waals surface area contributed by atoms with Gasteiger partial charge in [-0.3, -0.25) is 15.0 Å². The summed E-state index contributed by atoms with van der Waals surface area (Å²) in [6.07, 6.45) is 10.4. The Balaban J connectivity index is 1.30. The van der Waals surface area contributed by atoms with Gasteiger partial charge in [0.2, 0.25) is 11.8 Å². The van der Waals surface area contributed by atoms with Crippen molar-refractivity contribution in [1.29, 1.82) is 0 Å². The zero-order chi connectivity index (χ0) is 19.8. The number of hydrazine groups is 1. The predicted molar refractivity (Wildman–Crippen MR) is 111 cm³/mol. The summed E-state index contributed by atoms with van der Waals surface area (Å²) in [6.45, 7) is 1.62. The number of nitrogens with zero attached hydrogens (tertiary/aromatic N) is 1. The van der Waals surface area contributed by atoms with Crippen molar-refractivity contribution in [3.63, 3.8) is 0 Å². The lowest BCUT2D eigenvalue weighted by Gasteiger charge is -2.55. The topological polar surface area (TPSA) is 61.4 Å². The summed E-state index contributed by atoms with van der Waals surface area (Å²) in [5.74, 6) is 2.37. The second kappa shape index (κ2) is 7.75. The fourth-order valence-electron chi connectivity index (χ4n) is 6.89. The molecule has 5 heteroatoms. The van der Waals surface area contributed by atoms with E-state index in [-0.39, 0.29) is 17.2 Å².